The molecule has 0 bridgehead atoms. The first kappa shape index (κ1) is 16.5. The molecule has 0 aromatic rings. The molecule has 1 aliphatic carbocycles. The second-order valence-electron chi connectivity index (χ2n) is 7.51. The fraction of sp³-hybridized carbons (Fsp3) is 0.938. The van der Waals surface area contributed by atoms with Gasteiger partial charge in [-0.15, -0.1) is 0 Å². The van der Waals surface area contributed by atoms with Gasteiger partial charge in [0, 0.05) is 26.1 Å². The Balaban J connectivity index is 2.31. The molecule has 0 aromatic heterocycles. The van der Waals surface area contributed by atoms with Crippen molar-refractivity contribution in [1.82, 2.24) is 4.90 Å². The second kappa shape index (κ2) is 7.28. The Kier molecular flexibility index (Phi) is 6.31. The largest absolute Gasteiger partial charge is 0.345 e. The van der Waals surface area contributed by atoms with E-state index < -0.39 is 0 Å². The summed E-state index contributed by atoms with van der Waals surface area (Å²) in [5, 5.41) is 0. The molecule has 1 rings (SSSR count). The van der Waals surface area contributed by atoms with Gasteiger partial charge in [0.2, 0.25) is 5.91 Å². The lowest BCUT2D eigenvalue weighted by Gasteiger charge is -2.29. The van der Waals surface area contributed by atoms with Crippen LogP contribution in [-0.2, 0) is 4.79 Å². The number of hydrogen-bond acceptors (Lipinski definition) is 2. The van der Waals surface area contributed by atoms with E-state index in [0.29, 0.717) is 12.3 Å². The lowest BCUT2D eigenvalue weighted by molar-refractivity contribution is -0.131. The Labute approximate surface area is 118 Å². The van der Waals surface area contributed by atoms with Crippen molar-refractivity contribution in [2.75, 3.05) is 13.6 Å². The smallest absolute Gasteiger partial charge is 0.223 e. The highest BCUT2D eigenvalue weighted by atomic mass is 16.2. The number of nitrogens with zero attached hydrogens (tertiary/aromatic N) is 1. The Morgan fingerprint density at radius 3 is 2.37 bits per heavy atom. The molecule has 0 aromatic carbocycles. The molecule has 1 unspecified atom stereocenters. The number of nitrogens with two attached hydrogens (primary N) is 1. The Morgan fingerprint density at radius 2 is 1.84 bits per heavy atom. The van der Waals surface area contributed by atoms with Crippen LogP contribution in [0.25, 0.3) is 0 Å². The van der Waals surface area contributed by atoms with Crippen LogP contribution in [0.4, 0.5) is 0 Å². The van der Waals surface area contributed by atoms with Crippen LogP contribution in [0.5, 0.6) is 0 Å². The third-order valence-corrected chi connectivity index (χ3v) is 3.99. The van der Waals surface area contributed by atoms with E-state index in [1.54, 1.807) is 0 Å². The molecule has 0 saturated heterocycles. The first-order valence-electron chi connectivity index (χ1n) is 7.77. The standard InChI is InChI=1S/C16H32N2O/c1-16(2,3)11-14(17)10-15(19)18(4)12-13-8-6-5-7-9-13/h13-14H,5-12,17H2,1-4H3. The normalized spacial score (nSPS) is 19.2. The van der Waals surface area contributed by atoms with Gasteiger partial charge in [-0.25, -0.2) is 0 Å². The lowest BCUT2D eigenvalue weighted by atomic mass is 9.87. The van der Waals surface area contributed by atoms with E-state index in [4.69, 9.17) is 5.73 Å². The summed E-state index contributed by atoms with van der Waals surface area (Å²) < 4.78 is 0. The van der Waals surface area contributed by atoms with Crippen LogP contribution in [0.3, 0.4) is 0 Å². The first-order chi connectivity index (χ1) is 8.78. The van der Waals surface area contributed by atoms with Crippen molar-refractivity contribution < 1.29 is 4.79 Å². The van der Waals surface area contributed by atoms with Crippen molar-refractivity contribution in [3.8, 4) is 0 Å². The minimum absolute atomic E-state index is 0.0127. The lowest BCUT2D eigenvalue weighted by Crippen LogP contribution is -2.37. The van der Waals surface area contributed by atoms with Gasteiger partial charge in [0.1, 0.15) is 0 Å². The highest BCUT2D eigenvalue weighted by Gasteiger charge is 2.22. The predicted octanol–water partition coefficient (Wildman–Crippen LogP) is 3.18. The number of carbonyl (C=O) groups is 1. The maximum Gasteiger partial charge on any atom is 0.223 e. The van der Waals surface area contributed by atoms with Crippen molar-refractivity contribution in [3.63, 3.8) is 0 Å². The van der Waals surface area contributed by atoms with Crippen LogP contribution in [0.1, 0.15) is 65.7 Å². The number of rotatable bonds is 5. The van der Waals surface area contributed by atoms with Gasteiger partial charge in [-0.1, -0.05) is 40.0 Å². The van der Waals surface area contributed by atoms with E-state index in [2.05, 4.69) is 20.8 Å². The molecule has 2 N–H and O–H groups in total. The molecule has 1 aliphatic rings. The van der Waals surface area contributed by atoms with Crippen LogP contribution in [0.2, 0.25) is 0 Å². The van der Waals surface area contributed by atoms with Gasteiger partial charge in [0.25, 0.3) is 0 Å². The van der Waals surface area contributed by atoms with Gasteiger partial charge in [-0.05, 0) is 30.6 Å². The third kappa shape index (κ3) is 6.95. The van der Waals surface area contributed by atoms with Crippen molar-refractivity contribution in [3.05, 3.63) is 0 Å². The third-order valence-electron chi connectivity index (χ3n) is 3.99. The molecule has 19 heavy (non-hydrogen) atoms. The minimum Gasteiger partial charge on any atom is -0.345 e. The van der Waals surface area contributed by atoms with Crippen LogP contribution >= 0.6 is 0 Å². The molecule has 1 fully saturated rings. The van der Waals surface area contributed by atoms with Crippen molar-refractivity contribution in [1.29, 1.82) is 0 Å². The maximum absolute atomic E-state index is 12.2. The molecule has 0 spiro atoms. The highest BCUT2D eigenvalue weighted by molar-refractivity contribution is 5.76. The van der Waals surface area contributed by atoms with Crippen LogP contribution in [0, 0.1) is 11.3 Å². The summed E-state index contributed by atoms with van der Waals surface area (Å²) >= 11 is 0. The molecule has 3 heteroatoms. The molecule has 1 saturated carbocycles. The van der Waals surface area contributed by atoms with Gasteiger partial charge in [0.05, 0.1) is 0 Å². The topological polar surface area (TPSA) is 46.3 Å². The predicted molar refractivity (Wildman–Crippen MR) is 80.9 cm³/mol. The van der Waals surface area contributed by atoms with Gasteiger partial charge in [-0.3, -0.25) is 4.79 Å². The Morgan fingerprint density at radius 1 is 1.26 bits per heavy atom. The Hall–Kier alpha value is -0.570. The van der Waals surface area contributed by atoms with Gasteiger partial charge >= 0.3 is 0 Å². The average Bonchev–Trinajstić information content (AvgIpc) is 2.27. The molecule has 1 atom stereocenters. The first-order valence-corrected chi connectivity index (χ1v) is 7.77. The maximum atomic E-state index is 12.2. The van der Waals surface area contributed by atoms with Gasteiger partial charge in [-0.2, -0.15) is 0 Å². The van der Waals surface area contributed by atoms with E-state index in [-0.39, 0.29) is 17.4 Å². The summed E-state index contributed by atoms with van der Waals surface area (Å²) in [7, 11) is 1.93. The second-order valence-corrected chi connectivity index (χ2v) is 7.51. The summed E-state index contributed by atoms with van der Waals surface area (Å²) in [6.07, 6.45) is 7.98. The number of carbonyl (C=O) groups excluding carboxylic acids is 1. The summed E-state index contributed by atoms with van der Waals surface area (Å²) in [6.45, 7) is 7.43. The van der Waals surface area contributed by atoms with Crippen LogP contribution in [0.15, 0.2) is 0 Å². The molecule has 0 heterocycles. The fourth-order valence-electron chi connectivity index (χ4n) is 3.10. The van der Waals surface area contributed by atoms with Crippen LogP contribution in [-0.4, -0.2) is 30.4 Å². The monoisotopic (exact) mass is 268 g/mol. The number of hydrogen-bond donors (Lipinski definition) is 1. The Bertz CT molecular complexity index is 277. The summed E-state index contributed by atoms with van der Waals surface area (Å²) in [5.74, 6) is 0.920. The van der Waals surface area contributed by atoms with E-state index in [0.717, 1.165) is 13.0 Å². The molecule has 3 nitrogen and oxygen atoms in total. The zero-order valence-corrected chi connectivity index (χ0v) is 13.2. The molecular formula is C16H32N2O. The molecule has 112 valence electrons. The van der Waals surface area contributed by atoms with E-state index in [1.165, 1.54) is 32.1 Å². The van der Waals surface area contributed by atoms with E-state index >= 15 is 0 Å². The van der Waals surface area contributed by atoms with Crippen LogP contribution < -0.4 is 5.73 Å². The number of amides is 1. The highest BCUT2D eigenvalue weighted by Crippen LogP contribution is 2.25. The zero-order valence-electron chi connectivity index (χ0n) is 13.2. The minimum atomic E-state index is -0.0127. The SMILES string of the molecule is CN(CC1CCCCC1)C(=O)CC(N)CC(C)(C)C. The average molecular weight is 268 g/mol. The zero-order chi connectivity index (χ0) is 14.5. The fourth-order valence-corrected chi connectivity index (χ4v) is 3.10. The molecule has 0 radical (unpaired) electrons. The summed E-state index contributed by atoms with van der Waals surface area (Å²) in [5.41, 5.74) is 6.28. The van der Waals surface area contributed by atoms with Gasteiger partial charge in [0.15, 0.2) is 0 Å². The van der Waals surface area contributed by atoms with Gasteiger partial charge < -0.3 is 10.6 Å². The quantitative estimate of drug-likeness (QED) is 0.832. The summed E-state index contributed by atoms with van der Waals surface area (Å²) in [4.78, 5) is 14.1. The molecular weight excluding hydrogens is 236 g/mol. The molecule has 0 aliphatic heterocycles. The van der Waals surface area contributed by atoms with Crippen molar-refractivity contribution in [2.24, 2.45) is 17.1 Å². The molecule has 1 amide bonds. The van der Waals surface area contributed by atoms with E-state index in [1.807, 2.05) is 11.9 Å². The van der Waals surface area contributed by atoms with E-state index in [9.17, 15) is 4.79 Å². The van der Waals surface area contributed by atoms with Crippen molar-refractivity contribution >= 4 is 5.91 Å². The summed E-state index contributed by atoms with van der Waals surface area (Å²) in [6, 6.07) is -0.0127. The van der Waals surface area contributed by atoms with Crippen molar-refractivity contribution in [2.45, 2.75) is 71.8 Å².